The average Bonchev–Trinajstić information content (AvgIpc) is 3.08. The fourth-order valence-electron chi connectivity index (χ4n) is 2.73. The van der Waals surface area contributed by atoms with Gasteiger partial charge >= 0.3 is 0 Å². The number of ether oxygens (including phenoxy) is 2. The molecule has 7 nitrogen and oxygen atoms in total. The molecule has 0 radical (unpaired) electrons. The second-order valence-electron chi connectivity index (χ2n) is 5.90. The number of hydrogen-bond donors (Lipinski definition) is 2. The molecule has 0 fully saturated rings. The monoisotopic (exact) mass is 388 g/mol. The van der Waals surface area contributed by atoms with Crippen LogP contribution in [0.25, 0.3) is 16.9 Å². The van der Waals surface area contributed by atoms with Crippen molar-refractivity contribution in [1.82, 2.24) is 14.7 Å². The number of aromatic nitrogens is 2. The Kier molecular flexibility index (Phi) is 5.71. The molecule has 2 aromatic heterocycles. The predicted molar refractivity (Wildman–Crippen MR) is 106 cm³/mol. The number of amides is 1. The summed E-state index contributed by atoms with van der Waals surface area (Å²) in [6.45, 7) is 2.69. The van der Waals surface area contributed by atoms with Crippen LogP contribution in [0.4, 0.5) is 5.69 Å². The number of benzene rings is 1. The number of halogens is 1. The number of rotatable bonds is 7. The third-order valence-electron chi connectivity index (χ3n) is 4.04. The molecule has 2 N–H and O–H groups in total. The van der Waals surface area contributed by atoms with Crippen molar-refractivity contribution in [2.24, 2.45) is 0 Å². The Labute approximate surface area is 162 Å². The Morgan fingerprint density at radius 1 is 1.19 bits per heavy atom. The fourth-order valence-corrected chi connectivity index (χ4v) is 2.97. The maximum Gasteiger partial charge on any atom is 0.216 e. The summed E-state index contributed by atoms with van der Waals surface area (Å²) in [5.74, 6) is 1.14. The number of carbonyl (C=O) groups is 1. The number of imidazole rings is 1. The van der Waals surface area contributed by atoms with Gasteiger partial charge in [0.25, 0.3) is 0 Å². The van der Waals surface area contributed by atoms with Gasteiger partial charge in [-0.1, -0.05) is 11.6 Å². The first kappa shape index (κ1) is 18.8. The van der Waals surface area contributed by atoms with E-state index in [1.807, 2.05) is 28.9 Å². The molecule has 8 heteroatoms. The lowest BCUT2D eigenvalue weighted by molar-refractivity contribution is -0.118. The van der Waals surface area contributed by atoms with Crippen LogP contribution in [-0.4, -0.2) is 42.6 Å². The number of hydrogen-bond acceptors (Lipinski definition) is 5. The van der Waals surface area contributed by atoms with E-state index in [-0.39, 0.29) is 5.91 Å². The highest BCUT2D eigenvalue weighted by atomic mass is 35.5. The lowest BCUT2D eigenvalue weighted by Gasteiger charge is -2.10. The van der Waals surface area contributed by atoms with Crippen LogP contribution in [0.5, 0.6) is 11.5 Å². The molecule has 0 unspecified atom stereocenters. The number of nitrogens with zero attached hydrogens (tertiary/aromatic N) is 2. The fraction of sp³-hybridized carbons (Fsp3) is 0.263. The molecule has 3 aromatic rings. The van der Waals surface area contributed by atoms with Crippen LogP contribution in [0.1, 0.15) is 6.92 Å². The highest BCUT2D eigenvalue weighted by Gasteiger charge is 2.14. The zero-order valence-corrected chi connectivity index (χ0v) is 16.1. The largest absolute Gasteiger partial charge is 0.496 e. The Morgan fingerprint density at radius 2 is 1.96 bits per heavy atom. The van der Waals surface area contributed by atoms with Gasteiger partial charge in [0.1, 0.15) is 17.1 Å². The van der Waals surface area contributed by atoms with Gasteiger partial charge in [-0.15, -0.1) is 0 Å². The summed E-state index contributed by atoms with van der Waals surface area (Å²) in [4.78, 5) is 15.6. The first-order chi connectivity index (χ1) is 13.0. The van der Waals surface area contributed by atoms with Gasteiger partial charge in [-0.3, -0.25) is 4.79 Å². The maximum absolute atomic E-state index is 10.9. The van der Waals surface area contributed by atoms with Crippen LogP contribution in [0.3, 0.4) is 0 Å². The van der Waals surface area contributed by atoms with E-state index in [0.29, 0.717) is 29.6 Å². The van der Waals surface area contributed by atoms with Crippen molar-refractivity contribution in [1.29, 1.82) is 0 Å². The Hall–Kier alpha value is -2.93. The van der Waals surface area contributed by atoms with E-state index in [1.165, 1.54) is 6.92 Å². The molecule has 27 heavy (non-hydrogen) atoms. The van der Waals surface area contributed by atoms with Crippen LogP contribution in [0.2, 0.25) is 5.02 Å². The van der Waals surface area contributed by atoms with E-state index < -0.39 is 0 Å². The Morgan fingerprint density at radius 3 is 2.67 bits per heavy atom. The summed E-state index contributed by atoms with van der Waals surface area (Å²) in [6.07, 6.45) is 3.83. The van der Waals surface area contributed by atoms with Gasteiger partial charge < -0.3 is 24.5 Å². The van der Waals surface area contributed by atoms with E-state index in [4.69, 9.17) is 21.1 Å². The smallest absolute Gasteiger partial charge is 0.216 e. The second-order valence-corrected chi connectivity index (χ2v) is 6.31. The van der Waals surface area contributed by atoms with Crippen molar-refractivity contribution in [3.63, 3.8) is 0 Å². The summed E-state index contributed by atoms with van der Waals surface area (Å²) in [5.41, 5.74) is 3.23. The molecular weight excluding hydrogens is 368 g/mol. The van der Waals surface area contributed by atoms with Gasteiger partial charge in [0.2, 0.25) is 5.91 Å². The van der Waals surface area contributed by atoms with Crippen molar-refractivity contribution in [2.45, 2.75) is 6.92 Å². The second kappa shape index (κ2) is 8.18. The predicted octanol–water partition coefficient (Wildman–Crippen LogP) is 3.22. The number of pyridine rings is 1. The molecule has 142 valence electrons. The van der Waals surface area contributed by atoms with E-state index >= 15 is 0 Å². The number of carbonyl (C=O) groups excluding carboxylic acids is 1. The van der Waals surface area contributed by atoms with Crippen LogP contribution in [-0.2, 0) is 4.79 Å². The van der Waals surface area contributed by atoms with Crippen LogP contribution >= 0.6 is 11.6 Å². The molecule has 1 aromatic carbocycles. The maximum atomic E-state index is 10.9. The molecule has 0 spiro atoms. The molecule has 0 atom stereocenters. The third-order valence-corrected chi connectivity index (χ3v) is 4.33. The quantitative estimate of drug-likeness (QED) is 0.608. The minimum atomic E-state index is -0.0442. The molecule has 0 aliphatic carbocycles. The molecule has 1 amide bonds. The first-order valence-electron chi connectivity index (χ1n) is 8.40. The number of fused-ring (bicyclic) bond motifs is 1. The average molecular weight is 389 g/mol. The minimum Gasteiger partial charge on any atom is -0.496 e. The molecule has 2 heterocycles. The standard InChI is InChI=1S/C19H21ClN4O3/c1-12(25)21-5-6-22-13-4-7-24-11-16(23-19(24)8-13)14-9-15(20)18(27-3)10-17(14)26-2/h4,7-11,22H,5-6H2,1-3H3,(H,21,25). The third kappa shape index (κ3) is 4.25. The zero-order valence-electron chi connectivity index (χ0n) is 15.4. The van der Waals surface area contributed by atoms with Crippen molar-refractivity contribution in [2.75, 3.05) is 32.6 Å². The summed E-state index contributed by atoms with van der Waals surface area (Å²) in [7, 11) is 3.16. The van der Waals surface area contributed by atoms with Gasteiger partial charge in [0.05, 0.1) is 24.9 Å². The number of nitrogens with one attached hydrogen (secondary N) is 2. The molecule has 3 rings (SSSR count). The van der Waals surface area contributed by atoms with Crippen LogP contribution < -0.4 is 20.1 Å². The highest BCUT2D eigenvalue weighted by Crippen LogP contribution is 2.38. The zero-order chi connectivity index (χ0) is 19.4. The summed E-state index contributed by atoms with van der Waals surface area (Å²) < 4.78 is 12.6. The number of anilines is 1. The lowest BCUT2D eigenvalue weighted by atomic mass is 10.1. The van der Waals surface area contributed by atoms with E-state index in [0.717, 1.165) is 22.6 Å². The summed E-state index contributed by atoms with van der Waals surface area (Å²) >= 11 is 6.27. The normalized spacial score (nSPS) is 10.7. The van der Waals surface area contributed by atoms with Crippen LogP contribution in [0.15, 0.2) is 36.7 Å². The topological polar surface area (TPSA) is 76.9 Å². The Balaban J connectivity index is 1.86. The highest BCUT2D eigenvalue weighted by molar-refractivity contribution is 6.32. The lowest BCUT2D eigenvalue weighted by Crippen LogP contribution is -2.26. The summed E-state index contributed by atoms with van der Waals surface area (Å²) in [5, 5.41) is 6.50. The van der Waals surface area contributed by atoms with Crippen molar-refractivity contribution in [3.8, 4) is 22.8 Å². The Bertz CT molecular complexity index is 971. The molecular formula is C19H21ClN4O3. The van der Waals surface area contributed by atoms with Crippen molar-refractivity contribution < 1.29 is 14.3 Å². The van der Waals surface area contributed by atoms with E-state index in [2.05, 4.69) is 15.6 Å². The minimum absolute atomic E-state index is 0.0442. The van der Waals surface area contributed by atoms with E-state index in [9.17, 15) is 4.79 Å². The van der Waals surface area contributed by atoms with Crippen LogP contribution in [0, 0.1) is 0 Å². The molecule has 0 saturated heterocycles. The molecule has 0 saturated carbocycles. The molecule has 0 bridgehead atoms. The first-order valence-corrected chi connectivity index (χ1v) is 8.78. The molecule has 0 aliphatic rings. The number of methoxy groups -OCH3 is 2. The van der Waals surface area contributed by atoms with Crippen molar-refractivity contribution >= 4 is 28.8 Å². The van der Waals surface area contributed by atoms with Gasteiger partial charge in [-0.2, -0.15) is 0 Å². The van der Waals surface area contributed by atoms with Gasteiger partial charge in [0, 0.05) is 55.8 Å². The van der Waals surface area contributed by atoms with Gasteiger partial charge in [0.15, 0.2) is 0 Å². The van der Waals surface area contributed by atoms with Gasteiger partial charge in [-0.25, -0.2) is 4.98 Å². The molecule has 0 aliphatic heterocycles. The van der Waals surface area contributed by atoms with E-state index in [1.54, 1.807) is 26.4 Å². The SMILES string of the molecule is COc1cc(OC)c(-c2cn3ccc(NCCNC(C)=O)cc3n2)cc1Cl. The summed E-state index contributed by atoms with van der Waals surface area (Å²) in [6, 6.07) is 7.42. The van der Waals surface area contributed by atoms with Gasteiger partial charge in [-0.05, 0) is 12.1 Å². The van der Waals surface area contributed by atoms with Crippen molar-refractivity contribution in [3.05, 3.63) is 41.7 Å².